The molecule has 1 aromatic carbocycles. The predicted molar refractivity (Wildman–Crippen MR) is 77.3 cm³/mol. The van der Waals surface area contributed by atoms with E-state index in [0.29, 0.717) is 12.5 Å². The number of unbranched alkanes of at least 4 members (excludes halogenated alkanes) is 3. The smallest absolute Gasteiger partial charge is 0.330 e. The molecule has 3 nitrogen and oxygen atoms in total. The molecule has 0 aliphatic heterocycles. The first-order valence-corrected chi connectivity index (χ1v) is 6.95. The number of hydrogen-bond acceptors (Lipinski definition) is 3. The summed E-state index contributed by atoms with van der Waals surface area (Å²) in [6, 6.07) is 6.60. The molecule has 0 aliphatic carbocycles. The second kappa shape index (κ2) is 9.45. The molecule has 104 valence electrons. The zero-order chi connectivity index (χ0) is 13.9. The van der Waals surface area contributed by atoms with Gasteiger partial charge < -0.3 is 9.84 Å². The molecular weight excluding hydrogens is 264 g/mol. The Morgan fingerprint density at radius 2 is 1.84 bits per heavy atom. The number of benzene rings is 1. The number of aromatic hydroxyl groups is 1. The maximum absolute atomic E-state index is 11.4. The molecule has 1 rings (SSSR count). The zero-order valence-electron chi connectivity index (χ0n) is 10.8. The third-order valence-electron chi connectivity index (χ3n) is 2.58. The number of phenols is 1. The molecule has 0 saturated heterocycles. The van der Waals surface area contributed by atoms with E-state index in [1.165, 1.54) is 6.08 Å². The summed E-state index contributed by atoms with van der Waals surface area (Å²) in [5.41, 5.74) is 0.844. The van der Waals surface area contributed by atoms with E-state index in [0.717, 1.165) is 31.2 Å². The van der Waals surface area contributed by atoms with Crippen LogP contribution in [0.25, 0.3) is 6.08 Å². The van der Waals surface area contributed by atoms with Crippen LogP contribution in [0.4, 0.5) is 0 Å². The summed E-state index contributed by atoms with van der Waals surface area (Å²) in [5, 5.41) is 9.11. The highest BCUT2D eigenvalue weighted by atomic mass is 35.5. The number of hydrogen-bond donors (Lipinski definition) is 1. The quantitative estimate of drug-likeness (QED) is 0.342. The van der Waals surface area contributed by atoms with E-state index in [9.17, 15) is 4.79 Å². The zero-order valence-corrected chi connectivity index (χ0v) is 11.6. The molecule has 0 heterocycles. The average Bonchev–Trinajstić information content (AvgIpc) is 2.42. The molecule has 0 aliphatic rings. The fraction of sp³-hybridized carbons (Fsp3) is 0.400. The van der Waals surface area contributed by atoms with Gasteiger partial charge in [-0.25, -0.2) is 4.79 Å². The molecule has 0 unspecified atom stereocenters. The van der Waals surface area contributed by atoms with Crippen molar-refractivity contribution in [3.63, 3.8) is 0 Å². The van der Waals surface area contributed by atoms with Crippen molar-refractivity contribution in [1.82, 2.24) is 0 Å². The fourth-order valence-corrected chi connectivity index (χ4v) is 1.71. The van der Waals surface area contributed by atoms with Crippen LogP contribution in [0.15, 0.2) is 30.3 Å². The van der Waals surface area contributed by atoms with Crippen LogP contribution in [-0.2, 0) is 9.53 Å². The van der Waals surface area contributed by atoms with Crippen molar-refractivity contribution in [3.05, 3.63) is 35.9 Å². The van der Waals surface area contributed by atoms with E-state index in [4.69, 9.17) is 21.4 Å². The van der Waals surface area contributed by atoms with Crippen LogP contribution in [0, 0.1) is 0 Å². The first-order chi connectivity index (χ1) is 9.22. The highest BCUT2D eigenvalue weighted by Gasteiger charge is 1.97. The maximum atomic E-state index is 11.4. The molecule has 1 N–H and O–H groups in total. The van der Waals surface area contributed by atoms with Crippen LogP contribution >= 0.6 is 11.6 Å². The van der Waals surface area contributed by atoms with Gasteiger partial charge in [0.2, 0.25) is 0 Å². The lowest BCUT2D eigenvalue weighted by Crippen LogP contribution is -2.02. The van der Waals surface area contributed by atoms with E-state index >= 15 is 0 Å². The minimum Gasteiger partial charge on any atom is -0.508 e. The minimum absolute atomic E-state index is 0.205. The van der Waals surface area contributed by atoms with Gasteiger partial charge in [0.1, 0.15) is 5.75 Å². The molecule has 0 amide bonds. The lowest BCUT2D eigenvalue weighted by Gasteiger charge is -2.01. The Kier molecular flexibility index (Phi) is 7.75. The summed E-state index contributed by atoms with van der Waals surface area (Å²) in [4.78, 5) is 11.4. The van der Waals surface area contributed by atoms with Gasteiger partial charge in [0.15, 0.2) is 0 Å². The van der Waals surface area contributed by atoms with Gasteiger partial charge in [-0.1, -0.05) is 25.0 Å². The molecule has 0 bridgehead atoms. The van der Waals surface area contributed by atoms with E-state index in [-0.39, 0.29) is 11.7 Å². The molecule has 0 aromatic heterocycles. The minimum atomic E-state index is -0.342. The molecule has 0 saturated carbocycles. The Morgan fingerprint density at radius 1 is 1.16 bits per heavy atom. The standard InChI is InChI=1S/C15H19ClO3/c16-11-3-1-2-4-12-19-15(18)10-7-13-5-8-14(17)9-6-13/h5-10,17H,1-4,11-12H2. The number of alkyl halides is 1. The summed E-state index contributed by atoms with van der Waals surface area (Å²) in [6.07, 6.45) is 7.04. The van der Waals surface area contributed by atoms with Crippen LogP contribution in [0.2, 0.25) is 0 Å². The average molecular weight is 283 g/mol. The summed E-state index contributed by atoms with van der Waals surface area (Å²) in [5.74, 6) is 0.553. The van der Waals surface area contributed by atoms with Crippen molar-refractivity contribution in [2.75, 3.05) is 12.5 Å². The summed E-state index contributed by atoms with van der Waals surface area (Å²) in [7, 11) is 0. The molecule has 4 heteroatoms. The lowest BCUT2D eigenvalue weighted by atomic mass is 10.2. The molecule has 0 atom stereocenters. The van der Waals surface area contributed by atoms with Crippen LogP contribution in [0.5, 0.6) is 5.75 Å². The predicted octanol–water partition coefficient (Wildman–Crippen LogP) is 3.75. The van der Waals surface area contributed by atoms with Gasteiger partial charge in [0.25, 0.3) is 0 Å². The van der Waals surface area contributed by atoms with Gasteiger partial charge in [-0.15, -0.1) is 11.6 Å². The van der Waals surface area contributed by atoms with E-state index in [1.807, 2.05) is 0 Å². The SMILES string of the molecule is O=C(C=Cc1ccc(O)cc1)OCCCCCCCl. The third kappa shape index (κ3) is 7.52. The largest absolute Gasteiger partial charge is 0.508 e. The second-order valence-electron chi connectivity index (χ2n) is 4.20. The molecule has 0 spiro atoms. The Morgan fingerprint density at radius 3 is 2.53 bits per heavy atom. The number of rotatable bonds is 8. The van der Waals surface area contributed by atoms with Crippen molar-refractivity contribution in [1.29, 1.82) is 0 Å². The number of phenolic OH excluding ortho intramolecular Hbond substituents is 1. The van der Waals surface area contributed by atoms with Crippen molar-refractivity contribution >= 4 is 23.6 Å². The number of esters is 1. The number of halogens is 1. The van der Waals surface area contributed by atoms with Gasteiger partial charge in [-0.05, 0) is 36.6 Å². The van der Waals surface area contributed by atoms with Gasteiger partial charge >= 0.3 is 5.97 Å². The van der Waals surface area contributed by atoms with Crippen LogP contribution in [0.3, 0.4) is 0 Å². The third-order valence-corrected chi connectivity index (χ3v) is 2.84. The Bertz CT molecular complexity index is 398. The Balaban J connectivity index is 2.18. The number of ether oxygens (including phenoxy) is 1. The van der Waals surface area contributed by atoms with Crippen LogP contribution < -0.4 is 0 Å². The summed E-state index contributed by atoms with van der Waals surface area (Å²) < 4.78 is 5.06. The summed E-state index contributed by atoms with van der Waals surface area (Å²) in [6.45, 7) is 0.445. The van der Waals surface area contributed by atoms with Crippen molar-refractivity contribution in [2.45, 2.75) is 25.7 Å². The van der Waals surface area contributed by atoms with E-state index in [2.05, 4.69) is 0 Å². The van der Waals surface area contributed by atoms with Crippen molar-refractivity contribution in [2.24, 2.45) is 0 Å². The highest BCUT2D eigenvalue weighted by molar-refractivity contribution is 6.17. The van der Waals surface area contributed by atoms with Crippen LogP contribution in [0.1, 0.15) is 31.2 Å². The van der Waals surface area contributed by atoms with Gasteiger partial charge in [0.05, 0.1) is 6.61 Å². The second-order valence-corrected chi connectivity index (χ2v) is 4.57. The fourth-order valence-electron chi connectivity index (χ4n) is 1.52. The Labute approximate surface area is 118 Å². The highest BCUT2D eigenvalue weighted by Crippen LogP contribution is 2.10. The van der Waals surface area contributed by atoms with Gasteiger partial charge in [0, 0.05) is 12.0 Å². The number of carbonyl (C=O) groups excluding carboxylic acids is 1. The first-order valence-electron chi connectivity index (χ1n) is 6.42. The lowest BCUT2D eigenvalue weighted by molar-refractivity contribution is -0.137. The molecular formula is C15H19ClO3. The van der Waals surface area contributed by atoms with E-state index in [1.54, 1.807) is 30.3 Å². The van der Waals surface area contributed by atoms with Gasteiger partial charge in [-0.2, -0.15) is 0 Å². The van der Waals surface area contributed by atoms with Gasteiger partial charge in [-0.3, -0.25) is 0 Å². The normalized spacial score (nSPS) is 10.8. The van der Waals surface area contributed by atoms with Crippen molar-refractivity contribution < 1.29 is 14.6 Å². The molecule has 0 radical (unpaired) electrons. The first kappa shape index (κ1) is 15.6. The molecule has 1 aromatic rings. The van der Waals surface area contributed by atoms with Crippen molar-refractivity contribution in [3.8, 4) is 5.75 Å². The summed E-state index contributed by atoms with van der Waals surface area (Å²) >= 11 is 5.56. The van der Waals surface area contributed by atoms with E-state index < -0.39 is 0 Å². The number of carbonyl (C=O) groups is 1. The maximum Gasteiger partial charge on any atom is 0.330 e. The topological polar surface area (TPSA) is 46.5 Å². The molecule has 0 fully saturated rings. The van der Waals surface area contributed by atoms with Crippen LogP contribution in [-0.4, -0.2) is 23.6 Å². The molecule has 19 heavy (non-hydrogen) atoms. The Hall–Kier alpha value is -1.48. The monoisotopic (exact) mass is 282 g/mol.